The van der Waals surface area contributed by atoms with Crippen LogP contribution in [0.1, 0.15) is 11.1 Å². The number of rotatable bonds is 4. The Kier molecular flexibility index (Phi) is 20.2. The molecule has 2 aliphatic rings. The molecule has 3 aromatic rings. The van der Waals surface area contributed by atoms with E-state index in [1.165, 1.54) is 32.7 Å². The van der Waals surface area contributed by atoms with Crippen LogP contribution in [0.3, 0.4) is 0 Å². The number of benzene rings is 3. The van der Waals surface area contributed by atoms with Gasteiger partial charge in [0.1, 0.15) is 0 Å². The quantitative estimate of drug-likeness (QED) is 0.366. The maximum Gasteiger partial charge on any atom is 0.0701 e. The molecule has 0 amide bonds. The summed E-state index contributed by atoms with van der Waals surface area (Å²) >= 11 is 0. The molecule has 0 N–H and O–H groups in total. The van der Waals surface area contributed by atoms with Crippen LogP contribution < -0.4 is 0 Å². The van der Waals surface area contributed by atoms with Crippen LogP contribution in [-0.2, 0) is 60.5 Å². The van der Waals surface area contributed by atoms with Crippen LogP contribution in [0.5, 0.6) is 0 Å². The van der Waals surface area contributed by atoms with Gasteiger partial charge in [-0.05, 0) is 32.7 Å². The van der Waals surface area contributed by atoms with Gasteiger partial charge in [0.15, 0.2) is 0 Å². The average molecular weight is 729 g/mol. The minimum absolute atomic E-state index is 0.549. The van der Waals surface area contributed by atoms with Crippen LogP contribution in [0.2, 0.25) is 0 Å². The van der Waals surface area contributed by atoms with Crippen LogP contribution in [0.25, 0.3) is 21.5 Å². The predicted octanol–water partition coefficient (Wildman–Crippen LogP) is 3.79. The second kappa shape index (κ2) is 25.7. The first-order valence-electron chi connectivity index (χ1n) is 19.0. The third kappa shape index (κ3) is 14.8. The number of nitrogens with zero attached hydrogens (tertiary/aromatic N) is 2. The molecule has 2 aliphatic heterocycles. The third-order valence-corrected chi connectivity index (χ3v) is 9.10. The lowest BCUT2D eigenvalue weighted by Gasteiger charge is -2.27. The minimum Gasteiger partial charge on any atom is -0.378 e. The molecule has 2 saturated heterocycles. The maximum absolute atomic E-state index is 6.00. The van der Waals surface area contributed by atoms with E-state index in [-0.39, 0.29) is 0 Å². The van der Waals surface area contributed by atoms with Gasteiger partial charge in [-0.1, -0.05) is 48.5 Å². The first-order chi connectivity index (χ1) is 25.9. The second-order valence-corrected chi connectivity index (χ2v) is 12.7. The average Bonchev–Trinajstić information content (AvgIpc) is 3.17. The molecule has 0 aliphatic carbocycles. The van der Waals surface area contributed by atoms with E-state index < -0.39 is 0 Å². The number of hydrogen-bond donors (Lipinski definition) is 0. The van der Waals surface area contributed by atoms with Crippen LogP contribution in [0.4, 0.5) is 0 Å². The van der Waals surface area contributed by atoms with Gasteiger partial charge in [-0.25, -0.2) is 0 Å². The smallest absolute Gasteiger partial charge is 0.0701 e. The Morgan fingerprint density at radius 2 is 0.481 bits per heavy atom. The van der Waals surface area contributed by atoms with Crippen molar-refractivity contribution in [2.45, 2.75) is 13.1 Å². The Bertz CT molecular complexity index is 1190. The van der Waals surface area contributed by atoms with E-state index in [9.17, 15) is 0 Å². The highest BCUT2D eigenvalue weighted by atomic mass is 16.6. The molecule has 0 saturated carbocycles. The summed E-state index contributed by atoms with van der Waals surface area (Å²) < 4.78 is 57.8. The largest absolute Gasteiger partial charge is 0.378 e. The predicted molar refractivity (Wildman–Crippen MR) is 200 cm³/mol. The highest BCUT2D eigenvalue weighted by molar-refractivity contribution is 6.05. The molecule has 52 heavy (non-hydrogen) atoms. The van der Waals surface area contributed by atoms with Crippen molar-refractivity contribution in [1.82, 2.24) is 9.80 Å². The molecule has 0 radical (unpaired) electrons. The zero-order valence-electron chi connectivity index (χ0n) is 31.0. The number of hydrogen-bond acceptors (Lipinski definition) is 12. The molecule has 0 unspecified atom stereocenters. The Morgan fingerprint density at radius 1 is 0.288 bits per heavy atom. The molecule has 0 bridgehead atoms. The molecule has 12 heteroatoms. The van der Waals surface area contributed by atoms with E-state index >= 15 is 0 Å². The maximum atomic E-state index is 6.00. The summed E-state index contributed by atoms with van der Waals surface area (Å²) in [6.07, 6.45) is 0. The molecule has 0 aromatic heterocycles. The van der Waals surface area contributed by atoms with Gasteiger partial charge in [0.05, 0.1) is 132 Å². The Labute approximate surface area is 309 Å². The van der Waals surface area contributed by atoms with Gasteiger partial charge in [-0.3, -0.25) is 9.80 Å². The van der Waals surface area contributed by atoms with Gasteiger partial charge in [-0.15, -0.1) is 0 Å². The minimum atomic E-state index is 0.549. The van der Waals surface area contributed by atoms with Crippen molar-refractivity contribution in [2.75, 3.05) is 158 Å². The lowest BCUT2D eigenvalue weighted by atomic mass is 9.91. The van der Waals surface area contributed by atoms with E-state index in [0.29, 0.717) is 132 Å². The molecule has 5 rings (SSSR count). The summed E-state index contributed by atoms with van der Waals surface area (Å²) in [5, 5.41) is 5.09. The van der Waals surface area contributed by atoms with Crippen molar-refractivity contribution in [3.8, 4) is 0 Å². The summed E-state index contributed by atoms with van der Waals surface area (Å²) in [5.74, 6) is 0. The van der Waals surface area contributed by atoms with Gasteiger partial charge in [0.25, 0.3) is 0 Å². The van der Waals surface area contributed by atoms with Gasteiger partial charge in [0, 0.05) is 39.3 Å². The van der Waals surface area contributed by atoms with Crippen LogP contribution in [-0.4, -0.2) is 168 Å². The zero-order chi connectivity index (χ0) is 35.7. The van der Waals surface area contributed by atoms with E-state index in [1.54, 1.807) is 0 Å². The molecule has 12 nitrogen and oxygen atoms in total. The van der Waals surface area contributed by atoms with Crippen molar-refractivity contribution in [1.29, 1.82) is 0 Å². The Hall–Kier alpha value is -2.30. The van der Waals surface area contributed by atoms with Gasteiger partial charge >= 0.3 is 0 Å². The summed E-state index contributed by atoms with van der Waals surface area (Å²) in [6, 6.07) is 17.7. The summed E-state index contributed by atoms with van der Waals surface area (Å²) in [4.78, 5) is 4.88. The molecule has 2 heterocycles. The standard InChI is InChI=1S/C40H60N2O10/c1-2-6-36-35(5-1)39(33-41-9-13-43-17-21-47-25-29-51-30-26-48-22-18-44-14-10-41)37-7-3-4-8-38(37)40(36)34-42-11-15-45-19-23-49-27-31-52-32-28-50-24-20-46-16-12-42/h1-8H,9-34H2. The molecule has 3 aromatic carbocycles. The second-order valence-electron chi connectivity index (χ2n) is 12.7. The van der Waals surface area contributed by atoms with E-state index in [4.69, 9.17) is 47.4 Å². The van der Waals surface area contributed by atoms with Crippen molar-refractivity contribution >= 4 is 21.5 Å². The van der Waals surface area contributed by atoms with Gasteiger partial charge in [-0.2, -0.15) is 0 Å². The molecular weight excluding hydrogens is 668 g/mol. The molecule has 2 fully saturated rings. The van der Waals surface area contributed by atoms with Crippen molar-refractivity contribution in [3.63, 3.8) is 0 Å². The molecular formula is C40H60N2O10. The van der Waals surface area contributed by atoms with Crippen LogP contribution in [0.15, 0.2) is 48.5 Å². The van der Waals surface area contributed by atoms with Crippen molar-refractivity contribution in [3.05, 3.63) is 59.7 Å². The zero-order valence-corrected chi connectivity index (χ0v) is 31.0. The van der Waals surface area contributed by atoms with Gasteiger partial charge in [0.2, 0.25) is 0 Å². The Balaban J connectivity index is 1.32. The van der Waals surface area contributed by atoms with E-state index in [0.717, 1.165) is 39.3 Å². The SMILES string of the molecule is c1ccc2c(CN3CCOCCOCCOCCOCCOCC3)c3ccccc3c(CN3CCOCCOCCOCCOCCOCC3)c2c1. The van der Waals surface area contributed by atoms with Crippen molar-refractivity contribution in [2.24, 2.45) is 0 Å². The first kappa shape index (κ1) is 40.9. The van der Waals surface area contributed by atoms with E-state index in [2.05, 4.69) is 58.3 Å². The summed E-state index contributed by atoms with van der Waals surface area (Å²) in [7, 11) is 0. The number of fused-ring (bicyclic) bond motifs is 2. The summed E-state index contributed by atoms with van der Waals surface area (Å²) in [5.41, 5.74) is 2.64. The molecule has 290 valence electrons. The fourth-order valence-electron chi connectivity index (χ4n) is 6.37. The topological polar surface area (TPSA) is 98.8 Å². The van der Waals surface area contributed by atoms with Gasteiger partial charge < -0.3 is 47.4 Å². The Morgan fingerprint density at radius 3 is 0.692 bits per heavy atom. The van der Waals surface area contributed by atoms with Crippen LogP contribution in [0, 0.1) is 0 Å². The monoisotopic (exact) mass is 728 g/mol. The normalized spacial score (nSPS) is 21.5. The highest BCUT2D eigenvalue weighted by Crippen LogP contribution is 2.34. The number of ether oxygens (including phenoxy) is 10. The summed E-state index contributed by atoms with van der Waals surface area (Å²) in [6.45, 7) is 16.0. The van der Waals surface area contributed by atoms with Crippen LogP contribution >= 0.6 is 0 Å². The van der Waals surface area contributed by atoms with Crippen molar-refractivity contribution < 1.29 is 47.4 Å². The van der Waals surface area contributed by atoms with E-state index in [1.807, 2.05) is 0 Å². The fourth-order valence-corrected chi connectivity index (χ4v) is 6.37. The fraction of sp³-hybridized carbons (Fsp3) is 0.650. The molecule has 0 atom stereocenters. The first-order valence-corrected chi connectivity index (χ1v) is 19.0. The molecule has 0 spiro atoms. The highest BCUT2D eigenvalue weighted by Gasteiger charge is 2.19. The lowest BCUT2D eigenvalue weighted by molar-refractivity contribution is -0.0189. The lowest BCUT2D eigenvalue weighted by Crippen LogP contribution is -2.32. The third-order valence-electron chi connectivity index (χ3n) is 9.10.